The molecule has 0 aliphatic carbocycles. The number of carbonyl (C=O) groups is 5. The number of rotatable bonds is 13. The lowest BCUT2D eigenvalue weighted by atomic mass is 9.70. The summed E-state index contributed by atoms with van der Waals surface area (Å²) in [6.07, 6.45) is -3.41. The third-order valence-electron chi connectivity index (χ3n) is 15.1. The molecule has 4 fully saturated rings. The van der Waals surface area contributed by atoms with Crippen molar-refractivity contribution in [2.45, 2.75) is 134 Å². The van der Waals surface area contributed by atoms with Crippen LogP contribution in [0, 0.1) is 29.6 Å². The summed E-state index contributed by atoms with van der Waals surface area (Å²) in [4.78, 5) is 77.5. The number of hydrogen-bond acceptors (Lipinski definition) is 17. The van der Waals surface area contributed by atoms with Crippen molar-refractivity contribution in [3.63, 3.8) is 0 Å². The zero-order valence-electron chi connectivity index (χ0n) is 43.5. The van der Waals surface area contributed by atoms with Crippen molar-refractivity contribution in [3.8, 4) is 11.5 Å². The van der Waals surface area contributed by atoms with Crippen LogP contribution in [0.15, 0.2) is 30.6 Å². The molecule has 3 N–H and O–H groups in total. The molecule has 0 bridgehead atoms. The number of nitrogens with one attached hydrogen (secondary N) is 1. The minimum atomic E-state index is -1.48. The molecule has 4 aliphatic heterocycles. The van der Waals surface area contributed by atoms with Crippen LogP contribution in [0.1, 0.15) is 85.0 Å². The molecule has 1 aromatic carbocycles. The van der Waals surface area contributed by atoms with E-state index in [0.29, 0.717) is 38.5 Å². The summed E-state index contributed by atoms with van der Waals surface area (Å²) >= 11 is 13.7. The van der Waals surface area contributed by atoms with Gasteiger partial charge in [0.15, 0.2) is 23.4 Å². The first kappa shape index (κ1) is 58.3. The van der Waals surface area contributed by atoms with E-state index in [1.54, 1.807) is 65.6 Å². The molecule has 0 saturated carbocycles. The Morgan fingerprint density at radius 2 is 1.64 bits per heavy atom. The summed E-state index contributed by atoms with van der Waals surface area (Å²) in [7, 11) is 4.55. The number of ketones is 1. The van der Waals surface area contributed by atoms with Gasteiger partial charge < -0.3 is 63.2 Å². The van der Waals surface area contributed by atoms with Crippen LogP contribution in [0.2, 0.25) is 10.0 Å². The van der Waals surface area contributed by atoms with Crippen molar-refractivity contribution in [2.24, 2.45) is 29.6 Å². The molecule has 0 radical (unpaired) electrons. The highest BCUT2D eigenvalue weighted by atomic mass is 35.5. The van der Waals surface area contributed by atoms with Crippen molar-refractivity contribution in [1.29, 1.82) is 0 Å². The topological polar surface area (TPSA) is 231 Å². The number of aromatic nitrogens is 1. The van der Waals surface area contributed by atoms with E-state index < -0.39 is 107 Å². The van der Waals surface area contributed by atoms with E-state index in [-0.39, 0.29) is 64.1 Å². The molecule has 3 amide bonds. The van der Waals surface area contributed by atoms with Crippen LogP contribution in [-0.2, 0) is 42.8 Å². The Kier molecular flexibility index (Phi) is 19.8. The molecule has 0 spiro atoms. The lowest BCUT2D eigenvalue weighted by molar-refractivity contribution is -0.300. The Morgan fingerprint density at radius 1 is 0.973 bits per heavy atom. The van der Waals surface area contributed by atoms with Crippen LogP contribution >= 0.6 is 35.0 Å². The number of aliphatic hydroxyl groups excluding tert-OH is 2. The van der Waals surface area contributed by atoms with Crippen molar-refractivity contribution < 1.29 is 72.1 Å². The van der Waals surface area contributed by atoms with Gasteiger partial charge in [0.05, 0.1) is 78.5 Å². The molecule has 6 rings (SSSR count). The fraction of sp³-hybridized carbons (Fsp3) is 0.686. The number of thioether (sulfide) groups is 1. The Balaban J connectivity index is 1.25. The summed E-state index contributed by atoms with van der Waals surface area (Å²) in [6.45, 7) is 15.4. The summed E-state index contributed by atoms with van der Waals surface area (Å²) < 4.78 is 48.9. The SMILES string of the molecule is CC[C@H]1OC(=O)[C@H](C)[C@@H](O)[C@H](C)[C@@H](O[C@@H]2O[C@H](C)C[C@H](N(C)C(=O)N3CCOCC3)[C@H]2O)[C@](C)(OC)C[C@@H](C)C(=O)[C@H](C)[C@H]2[C@H](SCCOc3cc(C(=O)Nc4c(Cl)cncc4Cl)ccc3OC)C(=O)O[C@@]21C. The molecule has 4 aliphatic rings. The number of fused-ring (bicyclic) bond motifs is 1. The van der Waals surface area contributed by atoms with Gasteiger partial charge >= 0.3 is 18.0 Å². The number of likely N-dealkylation sites (N-methyl/N-ethyl adjacent to an activating group) is 1. The molecule has 0 unspecified atom stereocenters. The minimum Gasteiger partial charge on any atom is -0.493 e. The Labute approximate surface area is 441 Å². The van der Waals surface area contributed by atoms with E-state index in [9.17, 15) is 29.4 Å². The van der Waals surface area contributed by atoms with Crippen LogP contribution in [-0.4, -0.2) is 174 Å². The number of esters is 2. The lowest BCUT2D eigenvalue weighted by Gasteiger charge is -2.48. The van der Waals surface area contributed by atoms with E-state index in [1.807, 2.05) is 6.92 Å². The van der Waals surface area contributed by atoms with Crippen LogP contribution in [0.5, 0.6) is 11.5 Å². The van der Waals surface area contributed by atoms with Gasteiger partial charge in [-0.2, -0.15) is 0 Å². The largest absolute Gasteiger partial charge is 0.493 e. The zero-order chi connectivity index (χ0) is 53.7. The van der Waals surface area contributed by atoms with Gasteiger partial charge in [0.1, 0.15) is 23.2 Å². The molecule has 1 aromatic heterocycles. The number of aliphatic hydroxyl groups is 2. The first-order valence-electron chi connectivity index (χ1n) is 24.8. The predicted octanol–water partition coefficient (Wildman–Crippen LogP) is 6.30. The number of ether oxygens (including phenoxy) is 8. The van der Waals surface area contributed by atoms with Gasteiger partial charge in [0, 0.05) is 74.6 Å². The Hall–Kier alpha value is -3.99. The lowest BCUT2D eigenvalue weighted by Crippen LogP contribution is -2.62. The van der Waals surface area contributed by atoms with Crippen molar-refractivity contribution >= 4 is 70.3 Å². The number of anilines is 1. The molecule has 406 valence electrons. The number of halogens is 2. The molecular formula is C51H72Cl2N4O15S. The minimum absolute atomic E-state index is 0.0345. The molecule has 22 heteroatoms. The van der Waals surface area contributed by atoms with Gasteiger partial charge in [-0.05, 0) is 65.2 Å². The number of amides is 3. The van der Waals surface area contributed by atoms with Crippen LogP contribution in [0.3, 0.4) is 0 Å². The first-order valence-corrected chi connectivity index (χ1v) is 26.6. The second-order valence-corrected chi connectivity index (χ2v) is 22.1. The van der Waals surface area contributed by atoms with Gasteiger partial charge in [-0.25, -0.2) is 4.79 Å². The number of methoxy groups -OCH3 is 2. The van der Waals surface area contributed by atoms with Crippen LogP contribution in [0.4, 0.5) is 10.5 Å². The number of carbonyl (C=O) groups excluding carboxylic acids is 5. The van der Waals surface area contributed by atoms with Gasteiger partial charge in [0.25, 0.3) is 5.91 Å². The molecule has 4 saturated heterocycles. The average Bonchev–Trinajstić information content (AvgIpc) is 3.64. The highest BCUT2D eigenvalue weighted by Gasteiger charge is 2.61. The predicted molar refractivity (Wildman–Crippen MR) is 272 cm³/mol. The van der Waals surface area contributed by atoms with E-state index in [1.165, 1.54) is 56.3 Å². The van der Waals surface area contributed by atoms with Crippen LogP contribution in [0.25, 0.3) is 0 Å². The first-order chi connectivity index (χ1) is 34.5. The summed E-state index contributed by atoms with van der Waals surface area (Å²) in [5.41, 5.74) is -2.43. The van der Waals surface area contributed by atoms with Crippen molar-refractivity contribution in [3.05, 3.63) is 46.2 Å². The van der Waals surface area contributed by atoms with Gasteiger partial charge in [0.2, 0.25) is 0 Å². The number of Topliss-reactive ketones (excluding diaryl/α,β-unsaturated/α-hetero) is 1. The molecule has 5 heterocycles. The third kappa shape index (κ3) is 12.7. The van der Waals surface area contributed by atoms with Gasteiger partial charge in [-0.15, -0.1) is 11.8 Å². The third-order valence-corrected chi connectivity index (χ3v) is 16.9. The molecule has 73 heavy (non-hydrogen) atoms. The maximum Gasteiger partial charge on any atom is 0.320 e. The van der Waals surface area contributed by atoms with Gasteiger partial charge in [-0.3, -0.25) is 24.2 Å². The van der Waals surface area contributed by atoms with Crippen LogP contribution < -0.4 is 14.8 Å². The Bertz CT molecular complexity index is 2280. The molecule has 19 nitrogen and oxygen atoms in total. The number of hydrogen-bond donors (Lipinski definition) is 3. The average molecular weight is 1080 g/mol. The van der Waals surface area contributed by atoms with Crippen molar-refractivity contribution in [1.82, 2.24) is 14.8 Å². The normalized spacial score (nSPS) is 34.5. The number of pyridine rings is 1. The number of urea groups is 1. The summed E-state index contributed by atoms with van der Waals surface area (Å²) in [6, 6.07) is 3.64. The van der Waals surface area contributed by atoms with Crippen molar-refractivity contribution in [2.75, 3.05) is 65.2 Å². The van der Waals surface area contributed by atoms with Gasteiger partial charge in [-0.1, -0.05) is 50.9 Å². The smallest absolute Gasteiger partial charge is 0.320 e. The quantitative estimate of drug-likeness (QED) is 0.148. The number of cyclic esters (lactones) is 1. The number of nitrogens with zero attached hydrogens (tertiary/aromatic N) is 3. The summed E-state index contributed by atoms with van der Waals surface area (Å²) in [5, 5.41) is 26.2. The standard InChI is InChI=1S/C51H72Cl2N4O15S/c1-12-37-51(8)38(43(47(63)72-51)73-20-19-68-36-22-31(13-14-35(36)65-10)45(61)55-39-32(52)24-54-25-33(39)53)28(4)40(58)26(2)23-50(7,66-11)44(29(5)41(59)30(6)46(62)70-37)71-48-42(60)34(21-27(3)69-48)56(9)49(64)57-15-17-67-18-16-57/h13-14,22,24-30,34,37-38,41-44,48,59-60H,12,15-21,23H2,1-11H3,(H,54,55,61)/t26-,27-,28-,29+,30-,34+,37-,38+,41+,42-,43+,44-,48+,50-,51-/m1/s1. The maximum absolute atomic E-state index is 15.0. The highest BCUT2D eigenvalue weighted by molar-refractivity contribution is 8.00. The monoisotopic (exact) mass is 1080 g/mol. The highest BCUT2D eigenvalue weighted by Crippen LogP contribution is 2.49. The zero-order valence-corrected chi connectivity index (χ0v) is 45.8. The maximum atomic E-state index is 15.0. The van der Waals surface area contributed by atoms with E-state index >= 15 is 4.79 Å². The number of morpholine rings is 1. The summed E-state index contributed by atoms with van der Waals surface area (Å²) in [5.74, 6) is -5.75. The second kappa shape index (κ2) is 24.8. The van der Waals surface area contributed by atoms with E-state index in [0.717, 1.165) is 0 Å². The fourth-order valence-corrected chi connectivity index (χ4v) is 12.7. The second-order valence-electron chi connectivity index (χ2n) is 20.0. The van der Waals surface area contributed by atoms with E-state index in [2.05, 4.69) is 10.3 Å². The molecule has 15 atom stereocenters. The Morgan fingerprint density at radius 3 is 2.27 bits per heavy atom. The van der Waals surface area contributed by atoms with E-state index in [4.69, 9.17) is 61.1 Å². The fourth-order valence-electron chi connectivity index (χ4n) is 10.9. The number of benzene rings is 1. The molecule has 2 aromatic rings. The molecular weight excluding hydrogens is 1010 g/mol.